The molecule has 1 atom stereocenters. The summed E-state index contributed by atoms with van der Waals surface area (Å²) in [5.41, 5.74) is -1.98. The molecule has 1 aromatic carbocycles. The van der Waals surface area contributed by atoms with Crippen molar-refractivity contribution in [3.63, 3.8) is 0 Å². The molecule has 9 nitrogen and oxygen atoms in total. The number of nitrogens with zero attached hydrogens (tertiary/aromatic N) is 1. The number of hydrogen-bond acceptors (Lipinski definition) is 8. The van der Waals surface area contributed by atoms with Crippen molar-refractivity contribution < 1.29 is 33.5 Å². The van der Waals surface area contributed by atoms with Gasteiger partial charge in [0, 0.05) is 12.0 Å². The van der Waals surface area contributed by atoms with Crippen molar-refractivity contribution in [3.8, 4) is 5.75 Å². The molecular formula is C15H19NO8. The van der Waals surface area contributed by atoms with Crippen LogP contribution in [0.1, 0.15) is 11.5 Å². The highest BCUT2D eigenvalue weighted by Gasteiger charge is 2.58. The topological polar surface area (TPSA) is 114 Å². The first kappa shape index (κ1) is 19.4. The van der Waals surface area contributed by atoms with Gasteiger partial charge in [-0.2, -0.15) is 0 Å². The lowest BCUT2D eigenvalue weighted by Gasteiger charge is -2.32. The molecule has 0 saturated carbocycles. The molecular weight excluding hydrogens is 322 g/mol. The quantitative estimate of drug-likeness (QED) is 0.295. The Morgan fingerprint density at radius 1 is 1.08 bits per heavy atom. The van der Waals surface area contributed by atoms with Crippen molar-refractivity contribution in [3.05, 3.63) is 39.9 Å². The van der Waals surface area contributed by atoms with Crippen LogP contribution in [0.5, 0.6) is 5.75 Å². The first-order valence-electron chi connectivity index (χ1n) is 6.85. The second kappa shape index (κ2) is 8.25. The number of carbonyl (C=O) groups is 2. The second-order valence-electron chi connectivity index (χ2n) is 4.76. The van der Waals surface area contributed by atoms with Gasteiger partial charge < -0.3 is 18.9 Å². The molecule has 1 aromatic rings. The molecule has 0 aromatic heterocycles. The molecule has 0 aliphatic carbocycles. The van der Waals surface area contributed by atoms with E-state index in [9.17, 15) is 19.7 Å². The van der Waals surface area contributed by atoms with E-state index in [1.807, 2.05) is 0 Å². The number of rotatable bonds is 8. The van der Waals surface area contributed by atoms with Gasteiger partial charge in [-0.25, -0.2) is 9.59 Å². The van der Waals surface area contributed by atoms with Gasteiger partial charge in [0.25, 0.3) is 5.60 Å². The lowest BCUT2D eigenvalue weighted by atomic mass is 9.81. The van der Waals surface area contributed by atoms with Crippen LogP contribution in [0.15, 0.2) is 24.3 Å². The monoisotopic (exact) mass is 341 g/mol. The first-order chi connectivity index (χ1) is 11.4. The number of benzene rings is 1. The summed E-state index contributed by atoms with van der Waals surface area (Å²) in [6, 6.07) is 6.12. The fourth-order valence-electron chi connectivity index (χ4n) is 2.43. The van der Waals surface area contributed by atoms with Crippen molar-refractivity contribution >= 4 is 11.9 Å². The predicted molar refractivity (Wildman–Crippen MR) is 81.4 cm³/mol. The molecule has 0 fully saturated rings. The van der Waals surface area contributed by atoms with E-state index in [0.717, 1.165) is 21.3 Å². The van der Waals surface area contributed by atoms with E-state index in [1.54, 1.807) is 12.1 Å². The number of esters is 2. The number of hydrogen-bond donors (Lipinski definition) is 0. The largest absolute Gasteiger partial charge is 0.497 e. The zero-order valence-corrected chi connectivity index (χ0v) is 13.8. The third kappa shape index (κ3) is 3.62. The smallest absolute Gasteiger partial charge is 0.350 e. The van der Waals surface area contributed by atoms with Crippen LogP contribution in [0.2, 0.25) is 0 Å². The molecule has 0 spiro atoms. The van der Waals surface area contributed by atoms with Crippen LogP contribution in [0.3, 0.4) is 0 Å². The highest BCUT2D eigenvalue weighted by molar-refractivity contribution is 6.05. The van der Waals surface area contributed by atoms with Gasteiger partial charge >= 0.3 is 11.9 Å². The summed E-state index contributed by atoms with van der Waals surface area (Å²) in [6.07, 6.45) is 0. The van der Waals surface area contributed by atoms with E-state index in [4.69, 9.17) is 9.47 Å². The van der Waals surface area contributed by atoms with E-state index in [1.165, 1.54) is 19.2 Å². The summed E-state index contributed by atoms with van der Waals surface area (Å²) in [4.78, 5) is 35.0. The summed E-state index contributed by atoms with van der Waals surface area (Å²) in [5.74, 6) is -2.92. The van der Waals surface area contributed by atoms with Crippen molar-refractivity contribution in [2.45, 2.75) is 11.5 Å². The van der Waals surface area contributed by atoms with Gasteiger partial charge in [0.15, 0.2) is 0 Å². The SMILES string of the molecule is COC(=O)C(OC)(C(=O)OC)[C@@H](C[N+](=O)[O-])c1ccc(OC)cc1. The van der Waals surface area contributed by atoms with Crippen molar-refractivity contribution in [2.24, 2.45) is 0 Å². The van der Waals surface area contributed by atoms with E-state index < -0.39 is 34.9 Å². The average molecular weight is 341 g/mol. The van der Waals surface area contributed by atoms with Crippen LogP contribution >= 0.6 is 0 Å². The Balaban J connectivity index is 3.53. The van der Waals surface area contributed by atoms with Crippen molar-refractivity contribution in [1.82, 2.24) is 0 Å². The Morgan fingerprint density at radius 3 is 1.92 bits per heavy atom. The van der Waals surface area contributed by atoms with Crippen LogP contribution in [0, 0.1) is 10.1 Å². The van der Waals surface area contributed by atoms with Crippen LogP contribution in [-0.2, 0) is 23.8 Å². The summed E-state index contributed by atoms with van der Waals surface area (Å²) < 4.78 is 19.5. The van der Waals surface area contributed by atoms with Crippen molar-refractivity contribution in [1.29, 1.82) is 0 Å². The Morgan fingerprint density at radius 2 is 1.58 bits per heavy atom. The Labute approximate surface area is 138 Å². The maximum Gasteiger partial charge on any atom is 0.350 e. The van der Waals surface area contributed by atoms with E-state index in [2.05, 4.69) is 9.47 Å². The number of methoxy groups -OCH3 is 4. The molecule has 0 aliphatic heterocycles. The lowest BCUT2D eigenvalue weighted by Crippen LogP contribution is -2.56. The maximum atomic E-state index is 12.3. The van der Waals surface area contributed by atoms with Gasteiger partial charge in [-0.15, -0.1) is 0 Å². The lowest BCUT2D eigenvalue weighted by molar-refractivity contribution is -0.486. The number of carbonyl (C=O) groups excluding carboxylic acids is 2. The molecule has 132 valence electrons. The summed E-state index contributed by atoms with van der Waals surface area (Å²) >= 11 is 0. The number of nitro groups is 1. The van der Waals surface area contributed by atoms with Gasteiger partial charge in [-0.1, -0.05) is 12.1 Å². The highest BCUT2D eigenvalue weighted by Crippen LogP contribution is 2.35. The normalized spacial score (nSPS) is 12.2. The Kier molecular flexibility index (Phi) is 6.66. The third-order valence-electron chi connectivity index (χ3n) is 3.64. The fourth-order valence-corrected chi connectivity index (χ4v) is 2.43. The van der Waals surface area contributed by atoms with Crippen LogP contribution in [0.4, 0.5) is 0 Å². The third-order valence-corrected chi connectivity index (χ3v) is 3.64. The molecule has 1 rings (SSSR count). The summed E-state index contributed by atoms with van der Waals surface area (Å²) in [5, 5.41) is 11.1. The van der Waals surface area contributed by atoms with Crippen LogP contribution in [0.25, 0.3) is 0 Å². The molecule has 0 unspecified atom stereocenters. The molecule has 0 saturated heterocycles. The molecule has 0 aliphatic rings. The van der Waals surface area contributed by atoms with Crippen molar-refractivity contribution in [2.75, 3.05) is 35.0 Å². The molecule has 9 heteroatoms. The summed E-state index contributed by atoms with van der Waals surface area (Å²) in [7, 11) is 4.66. The first-order valence-corrected chi connectivity index (χ1v) is 6.85. The average Bonchev–Trinajstić information content (AvgIpc) is 2.60. The van der Waals surface area contributed by atoms with Crippen LogP contribution in [-0.4, -0.2) is 57.4 Å². The van der Waals surface area contributed by atoms with E-state index >= 15 is 0 Å². The molecule has 0 heterocycles. The minimum absolute atomic E-state index is 0.324. The Hall–Kier alpha value is -2.68. The molecule has 0 bridgehead atoms. The summed E-state index contributed by atoms with van der Waals surface area (Å²) in [6.45, 7) is -0.746. The van der Waals surface area contributed by atoms with Gasteiger partial charge in [-0.3, -0.25) is 10.1 Å². The molecule has 0 N–H and O–H groups in total. The molecule has 0 amide bonds. The van der Waals surface area contributed by atoms with Gasteiger partial charge in [0.2, 0.25) is 6.54 Å². The second-order valence-corrected chi connectivity index (χ2v) is 4.76. The molecule has 24 heavy (non-hydrogen) atoms. The highest BCUT2D eigenvalue weighted by atomic mass is 16.6. The molecule has 0 radical (unpaired) electrons. The standard InChI is InChI=1S/C15H19NO8/c1-21-11-7-5-10(6-8-11)12(9-16(19)20)15(24-4,13(17)22-2)14(18)23-3/h5-8,12H,9H2,1-4H3/t12-/m0/s1. The van der Waals surface area contributed by atoms with Gasteiger partial charge in [0.05, 0.1) is 27.2 Å². The predicted octanol–water partition coefficient (Wildman–Crippen LogP) is 0.787. The minimum Gasteiger partial charge on any atom is -0.497 e. The fraction of sp³-hybridized carbons (Fsp3) is 0.467. The zero-order valence-electron chi connectivity index (χ0n) is 13.8. The zero-order chi connectivity index (χ0) is 18.3. The minimum atomic E-state index is -2.30. The van der Waals surface area contributed by atoms with Crippen LogP contribution < -0.4 is 4.74 Å². The van der Waals surface area contributed by atoms with E-state index in [0.29, 0.717) is 11.3 Å². The van der Waals surface area contributed by atoms with Gasteiger partial charge in [-0.05, 0) is 17.7 Å². The number of ether oxygens (including phenoxy) is 4. The maximum absolute atomic E-state index is 12.3. The Bertz CT molecular complexity index is 582. The van der Waals surface area contributed by atoms with E-state index in [-0.39, 0.29) is 0 Å². The van der Waals surface area contributed by atoms with Gasteiger partial charge in [0.1, 0.15) is 5.75 Å².